The van der Waals surface area contributed by atoms with Crippen molar-refractivity contribution < 1.29 is 14.3 Å². The van der Waals surface area contributed by atoms with Crippen molar-refractivity contribution in [3.05, 3.63) is 69.5 Å². The minimum absolute atomic E-state index is 0.200. The number of nitrogens with zero attached hydrogens (tertiary/aromatic N) is 3. The summed E-state index contributed by atoms with van der Waals surface area (Å²) < 4.78 is 11.9. The molecule has 1 aromatic carbocycles. The molecule has 0 radical (unpaired) electrons. The molecule has 0 atom stereocenters. The van der Waals surface area contributed by atoms with Crippen LogP contribution in [0.4, 0.5) is 5.82 Å². The van der Waals surface area contributed by atoms with Gasteiger partial charge in [0.1, 0.15) is 23.0 Å². The van der Waals surface area contributed by atoms with E-state index in [1.165, 1.54) is 36.3 Å². The third-order valence-corrected chi connectivity index (χ3v) is 5.29. The lowest BCUT2D eigenvalue weighted by atomic mass is 10.2. The second-order valence-electron chi connectivity index (χ2n) is 6.57. The van der Waals surface area contributed by atoms with Gasteiger partial charge in [0.05, 0.1) is 19.1 Å². The monoisotopic (exact) mass is 437 g/mol. The summed E-state index contributed by atoms with van der Waals surface area (Å²) in [4.78, 5) is 32.9. The Bertz CT molecular complexity index is 1270. The maximum absolute atomic E-state index is 13.0. The summed E-state index contributed by atoms with van der Waals surface area (Å²) in [6, 6.07) is 11.8. The molecule has 2 N–H and O–H groups in total. The lowest BCUT2D eigenvalue weighted by molar-refractivity contribution is 0.102. The van der Waals surface area contributed by atoms with Crippen LogP contribution in [0.2, 0.25) is 0 Å². The van der Waals surface area contributed by atoms with E-state index in [0.717, 1.165) is 4.88 Å². The molecule has 9 nitrogen and oxygen atoms in total. The molecule has 0 unspecified atom stereocenters. The number of nitrogens with one attached hydrogen (secondary N) is 2. The molecule has 0 saturated heterocycles. The number of methoxy groups -OCH3 is 2. The molecule has 1 amide bonds. The SMILES string of the molecule is COc1cc(OC)cc(C(=O)Nc2cc(-c3cccs3)nn2-c2nc(C)cc(=O)[nH]2)c1. The van der Waals surface area contributed by atoms with Gasteiger partial charge in [0, 0.05) is 29.5 Å². The van der Waals surface area contributed by atoms with Crippen LogP contribution in [0.3, 0.4) is 0 Å². The Hall–Kier alpha value is -3.92. The molecule has 0 aliphatic carbocycles. The predicted molar refractivity (Wildman–Crippen MR) is 118 cm³/mol. The highest BCUT2D eigenvalue weighted by molar-refractivity contribution is 7.13. The van der Waals surface area contributed by atoms with Gasteiger partial charge in [0.15, 0.2) is 0 Å². The smallest absolute Gasteiger partial charge is 0.257 e. The van der Waals surface area contributed by atoms with Crippen LogP contribution < -0.4 is 20.3 Å². The number of aryl methyl sites for hydroxylation is 1. The van der Waals surface area contributed by atoms with Crippen molar-refractivity contribution in [3.8, 4) is 28.0 Å². The van der Waals surface area contributed by atoms with Crippen LogP contribution in [0, 0.1) is 6.92 Å². The van der Waals surface area contributed by atoms with E-state index in [1.54, 1.807) is 31.2 Å². The number of aromatic amines is 1. The van der Waals surface area contributed by atoms with Gasteiger partial charge in [-0.2, -0.15) is 9.78 Å². The van der Waals surface area contributed by atoms with Gasteiger partial charge in [-0.15, -0.1) is 11.3 Å². The highest BCUT2D eigenvalue weighted by Gasteiger charge is 2.18. The van der Waals surface area contributed by atoms with Crippen LogP contribution in [-0.2, 0) is 0 Å². The quantitative estimate of drug-likeness (QED) is 0.479. The molecule has 31 heavy (non-hydrogen) atoms. The van der Waals surface area contributed by atoms with E-state index in [9.17, 15) is 9.59 Å². The number of benzene rings is 1. The third kappa shape index (κ3) is 4.33. The molecule has 4 rings (SSSR count). The molecule has 0 fully saturated rings. The Morgan fingerprint density at radius 2 is 1.87 bits per heavy atom. The van der Waals surface area contributed by atoms with Gasteiger partial charge in [-0.1, -0.05) is 6.07 Å². The van der Waals surface area contributed by atoms with Gasteiger partial charge in [0.2, 0.25) is 5.95 Å². The number of hydrogen-bond donors (Lipinski definition) is 2. The number of carbonyl (C=O) groups excluding carboxylic acids is 1. The molecular formula is C21H19N5O4S. The summed E-state index contributed by atoms with van der Waals surface area (Å²) >= 11 is 1.51. The van der Waals surface area contributed by atoms with Gasteiger partial charge in [0.25, 0.3) is 11.5 Å². The molecule has 0 aliphatic heterocycles. The first-order valence-electron chi connectivity index (χ1n) is 9.23. The maximum Gasteiger partial charge on any atom is 0.257 e. The van der Waals surface area contributed by atoms with E-state index in [1.807, 2.05) is 17.5 Å². The van der Waals surface area contributed by atoms with Crippen molar-refractivity contribution >= 4 is 23.1 Å². The number of hydrogen-bond acceptors (Lipinski definition) is 7. The minimum atomic E-state index is -0.397. The Kier molecular flexibility index (Phi) is 5.54. The molecular weight excluding hydrogens is 418 g/mol. The van der Waals surface area contributed by atoms with Crippen molar-refractivity contribution in [2.24, 2.45) is 0 Å². The molecule has 3 heterocycles. The number of anilines is 1. The van der Waals surface area contributed by atoms with Crippen LogP contribution >= 0.6 is 11.3 Å². The van der Waals surface area contributed by atoms with Crippen molar-refractivity contribution in [2.45, 2.75) is 6.92 Å². The highest BCUT2D eigenvalue weighted by atomic mass is 32.1. The summed E-state index contributed by atoms with van der Waals surface area (Å²) in [5.74, 6) is 1.13. The van der Waals surface area contributed by atoms with Crippen molar-refractivity contribution in [1.82, 2.24) is 19.7 Å². The number of aromatic nitrogens is 4. The normalized spacial score (nSPS) is 10.7. The van der Waals surface area contributed by atoms with Crippen LogP contribution in [0.25, 0.3) is 16.5 Å². The number of ether oxygens (including phenoxy) is 2. The van der Waals surface area contributed by atoms with Crippen LogP contribution in [-0.4, -0.2) is 39.9 Å². The van der Waals surface area contributed by atoms with E-state index in [0.29, 0.717) is 34.3 Å². The minimum Gasteiger partial charge on any atom is -0.497 e. The van der Waals surface area contributed by atoms with Crippen molar-refractivity contribution in [1.29, 1.82) is 0 Å². The molecule has 0 spiro atoms. The van der Waals surface area contributed by atoms with Crippen LogP contribution in [0.15, 0.2) is 52.6 Å². The average Bonchev–Trinajstić information content (AvgIpc) is 3.42. The summed E-state index contributed by atoms with van der Waals surface area (Å²) in [7, 11) is 3.02. The van der Waals surface area contributed by atoms with Crippen LogP contribution in [0.5, 0.6) is 11.5 Å². The number of H-pyrrole nitrogens is 1. The average molecular weight is 437 g/mol. The fourth-order valence-corrected chi connectivity index (χ4v) is 3.65. The van der Waals surface area contributed by atoms with Crippen molar-refractivity contribution in [3.63, 3.8) is 0 Å². The lowest BCUT2D eigenvalue weighted by Gasteiger charge is -2.10. The zero-order valence-electron chi connectivity index (χ0n) is 17.0. The van der Waals surface area contributed by atoms with Gasteiger partial charge in [-0.25, -0.2) is 4.98 Å². The molecule has 4 aromatic rings. The number of rotatable bonds is 6. The van der Waals surface area contributed by atoms with E-state index in [4.69, 9.17) is 9.47 Å². The Morgan fingerprint density at radius 3 is 2.48 bits per heavy atom. The lowest BCUT2D eigenvalue weighted by Crippen LogP contribution is -2.19. The molecule has 0 bridgehead atoms. The molecule has 3 aromatic heterocycles. The number of amides is 1. The molecule has 158 valence electrons. The first-order chi connectivity index (χ1) is 15.0. The Labute approximate surface area is 181 Å². The predicted octanol–water partition coefficient (Wildman–Crippen LogP) is 3.26. The van der Waals surface area contributed by atoms with Gasteiger partial charge < -0.3 is 14.8 Å². The molecule has 0 saturated carbocycles. The first-order valence-corrected chi connectivity index (χ1v) is 10.1. The van der Waals surface area contributed by atoms with E-state index >= 15 is 0 Å². The van der Waals surface area contributed by atoms with Crippen molar-refractivity contribution in [2.75, 3.05) is 19.5 Å². The largest absolute Gasteiger partial charge is 0.497 e. The fourth-order valence-electron chi connectivity index (χ4n) is 2.97. The van der Waals surface area contributed by atoms with E-state index in [-0.39, 0.29) is 11.5 Å². The number of carbonyl (C=O) groups is 1. The van der Waals surface area contributed by atoms with E-state index < -0.39 is 5.91 Å². The second-order valence-corrected chi connectivity index (χ2v) is 7.52. The summed E-state index contributed by atoms with van der Waals surface area (Å²) in [6.07, 6.45) is 0. The third-order valence-electron chi connectivity index (χ3n) is 4.40. The summed E-state index contributed by atoms with van der Waals surface area (Å²) in [5, 5.41) is 9.32. The Balaban J connectivity index is 1.77. The summed E-state index contributed by atoms with van der Waals surface area (Å²) in [6.45, 7) is 1.71. The van der Waals surface area contributed by atoms with Gasteiger partial charge in [-0.3, -0.25) is 14.6 Å². The second kappa shape index (κ2) is 8.44. The maximum atomic E-state index is 13.0. The van der Waals surface area contributed by atoms with Gasteiger partial charge >= 0.3 is 0 Å². The van der Waals surface area contributed by atoms with E-state index in [2.05, 4.69) is 20.4 Å². The first kappa shape index (κ1) is 20.4. The van der Waals surface area contributed by atoms with Crippen LogP contribution in [0.1, 0.15) is 16.1 Å². The highest BCUT2D eigenvalue weighted by Crippen LogP contribution is 2.28. The molecule has 0 aliphatic rings. The van der Waals surface area contributed by atoms with Gasteiger partial charge in [-0.05, 0) is 30.5 Å². The topological polar surface area (TPSA) is 111 Å². The number of thiophene rings is 1. The standard InChI is InChI=1S/C21H19N5O4S/c1-12-7-19(27)24-21(22-12)26-18(11-16(25-26)17-5-4-6-31-17)23-20(28)13-8-14(29-2)10-15(9-13)30-3/h4-11H,1-3H3,(H,23,28)(H,22,24,27). The molecule has 10 heteroatoms. The summed E-state index contributed by atoms with van der Waals surface area (Å²) in [5.41, 5.74) is 1.19. The zero-order chi connectivity index (χ0) is 22.0. The fraction of sp³-hybridized carbons (Fsp3) is 0.143. The Morgan fingerprint density at radius 1 is 1.13 bits per heavy atom. The zero-order valence-corrected chi connectivity index (χ0v) is 17.8.